The summed E-state index contributed by atoms with van der Waals surface area (Å²) in [7, 11) is 0. The van der Waals surface area contributed by atoms with Crippen LogP contribution in [-0.4, -0.2) is 31.1 Å². The van der Waals surface area contributed by atoms with Crippen LogP contribution in [0.15, 0.2) is 78.9 Å². The maximum Gasteiger partial charge on any atom is 0.0572 e. The fraction of sp³-hybridized carbons (Fsp3) is 0.280. The molecule has 3 nitrogen and oxygen atoms in total. The molecule has 1 saturated heterocycles. The molecule has 2 N–H and O–H groups in total. The number of anilines is 1. The van der Waals surface area contributed by atoms with Crippen LogP contribution in [0.25, 0.3) is 0 Å². The van der Waals surface area contributed by atoms with E-state index in [-0.39, 0.29) is 18.4 Å². The van der Waals surface area contributed by atoms with Crippen LogP contribution in [0.1, 0.15) is 28.3 Å². The van der Waals surface area contributed by atoms with Crippen molar-refractivity contribution in [3.8, 4) is 0 Å². The van der Waals surface area contributed by atoms with Crippen LogP contribution in [0.3, 0.4) is 0 Å². The Bertz CT molecular complexity index is 890. The van der Waals surface area contributed by atoms with Crippen molar-refractivity contribution >= 4 is 18.1 Å². The largest absolute Gasteiger partial charge is 0.369 e. The average Bonchev–Trinajstić information content (AvgIpc) is 2.75. The molecule has 1 atom stereocenters. The second kappa shape index (κ2) is 9.93. The summed E-state index contributed by atoms with van der Waals surface area (Å²) in [6, 6.07) is 27.7. The monoisotopic (exact) mass is 407 g/mol. The second-order valence-corrected chi connectivity index (χ2v) is 7.70. The van der Waals surface area contributed by atoms with Gasteiger partial charge in [-0.25, -0.2) is 0 Å². The van der Waals surface area contributed by atoms with E-state index in [1.807, 2.05) is 6.07 Å². The first-order valence-electron chi connectivity index (χ1n) is 10.1. The summed E-state index contributed by atoms with van der Waals surface area (Å²) in [6.45, 7) is 7.40. The van der Waals surface area contributed by atoms with Crippen molar-refractivity contribution in [3.05, 3.63) is 101 Å². The van der Waals surface area contributed by atoms with E-state index in [2.05, 4.69) is 89.5 Å². The van der Waals surface area contributed by atoms with E-state index in [0.29, 0.717) is 0 Å². The molecule has 4 heteroatoms. The van der Waals surface area contributed by atoms with Gasteiger partial charge in [-0.3, -0.25) is 4.90 Å². The van der Waals surface area contributed by atoms with Gasteiger partial charge < -0.3 is 10.6 Å². The van der Waals surface area contributed by atoms with Gasteiger partial charge in [0, 0.05) is 38.4 Å². The second-order valence-electron chi connectivity index (χ2n) is 7.70. The molecule has 3 aromatic carbocycles. The summed E-state index contributed by atoms with van der Waals surface area (Å²) in [6.07, 6.45) is 0. The third-order valence-corrected chi connectivity index (χ3v) is 5.64. The molecule has 0 saturated carbocycles. The Morgan fingerprint density at radius 1 is 0.828 bits per heavy atom. The summed E-state index contributed by atoms with van der Waals surface area (Å²) in [5, 5.41) is 0. The van der Waals surface area contributed by atoms with E-state index < -0.39 is 0 Å². The molecule has 0 amide bonds. The smallest absolute Gasteiger partial charge is 0.0572 e. The van der Waals surface area contributed by atoms with E-state index in [9.17, 15) is 0 Å². The topological polar surface area (TPSA) is 32.5 Å². The third-order valence-electron chi connectivity index (χ3n) is 5.64. The first kappa shape index (κ1) is 21.4. The fourth-order valence-corrected chi connectivity index (χ4v) is 4.02. The number of benzene rings is 3. The maximum absolute atomic E-state index is 6.67. The molecule has 1 aliphatic rings. The number of hydrogen-bond acceptors (Lipinski definition) is 3. The summed E-state index contributed by atoms with van der Waals surface area (Å²) < 4.78 is 0. The number of nitrogens with zero attached hydrogens (tertiary/aromatic N) is 2. The van der Waals surface area contributed by atoms with Gasteiger partial charge in [0.15, 0.2) is 0 Å². The highest BCUT2D eigenvalue weighted by Gasteiger charge is 2.22. The zero-order valence-electron chi connectivity index (χ0n) is 17.0. The maximum atomic E-state index is 6.67. The predicted octanol–water partition coefficient (Wildman–Crippen LogP) is 4.79. The molecule has 1 fully saturated rings. The van der Waals surface area contributed by atoms with Crippen LogP contribution >= 0.6 is 12.4 Å². The molecule has 1 heterocycles. The van der Waals surface area contributed by atoms with Crippen molar-refractivity contribution in [1.29, 1.82) is 0 Å². The Morgan fingerprint density at radius 3 is 2.10 bits per heavy atom. The molecular weight excluding hydrogens is 378 g/mol. The zero-order chi connectivity index (χ0) is 19.3. The minimum absolute atomic E-state index is 0. The molecule has 0 aliphatic carbocycles. The minimum Gasteiger partial charge on any atom is -0.369 e. The van der Waals surface area contributed by atoms with Gasteiger partial charge >= 0.3 is 0 Å². The van der Waals surface area contributed by atoms with Gasteiger partial charge in [-0.15, -0.1) is 12.4 Å². The highest BCUT2D eigenvalue weighted by molar-refractivity contribution is 5.85. The van der Waals surface area contributed by atoms with Crippen molar-refractivity contribution in [2.75, 3.05) is 31.1 Å². The van der Waals surface area contributed by atoms with Gasteiger partial charge in [-0.2, -0.15) is 0 Å². The Kier molecular flexibility index (Phi) is 7.32. The van der Waals surface area contributed by atoms with Gasteiger partial charge in [-0.05, 0) is 35.2 Å². The first-order valence-corrected chi connectivity index (χ1v) is 10.1. The number of hydrogen-bond donors (Lipinski definition) is 1. The minimum atomic E-state index is -0.0980. The molecule has 0 spiro atoms. The van der Waals surface area contributed by atoms with Crippen molar-refractivity contribution in [1.82, 2.24) is 4.90 Å². The van der Waals surface area contributed by atoms with Crippen LogP contribution in [0, 0.1) is 6.92 Å². The van der Waals surface area contributed by atoms with Crippen molar-refractivity contribution in [2.45, 2.75) is 19.5 Å². The summed E-state index contributed by atoms with van der Waals surface area (Å²) in [5.41, 5.74) is 13.0. The van der Waals surface area contributed by atoms with Crippen molar-refractivity contribution in [2.24, 2.45) is 5.73 Å². The standard InChI is InChI=1S/C25H29N3.ClH/c1-20-12-13-23(25(26)22-10-6-3-7-11-22)24(18-20)28-16-14-27(15-17-28)19-21-8-4-2-5-9-21;/h2-13,18,25H,14-17,19,26H2,1H3;1H. The van der Waals surface area contributed by atoms with Gasteiger partial charge in [0.25, 0.3) is 0 Å². The van der Waals surface area contributed by atoms with Crippen molar-refractivity contribution < 1.29 is 0 Å². The van der Waals surface area contributed by atoms with Crippen LogP contribution < -0.4 is 10.6 Å². The number of nitrogens with two attached hydrogens (primary N) is 1. The number of piperazine rings is 1. The lowest BCUT2D eigenvalue weighted by atomic mass is 9.96. The molecule has 0 bridgehead atoms. The highest BCUT2D eigenvalue weighted by atomic mass is 35.5. The van der Waals surface area contributed by atoms with E-state index in [1.54, 1.807) is 0 Å². The molecule has 1 aliphatic heterocycles. The molecule has 29 heavy (non-hydrogen) atoms. The average molecular weight is 408 g/mol. The van der Waals surface area contributed by atoms with E-state index in [0.717, 1.165) is 38.3 Å². The highest BCUT2D eigenvalue weighted by Crippen LogP contribution is 2.31. The van der Waals surface area contributed by atoms with Gasteiger partial charge in [0.2, 0.25) is 0 Å². The third kappa shape index (κ3) is 5.18. The molecule has 3 aromatic rings. The van der Waals surface area contributed by atoms with Crippen LogP contribution in [0.2, 0.25) is 0 Å². The zero-order valence-corrected chi connectivity index (χ0v) is 17.8. The Labute approximate surface area is 180 Å². The van der Waals surface area contributed by atoms with Gasteiger partial charge in [0.05, 0.1) is 6.04 Å². The van der Waals surface area contributed by atoms with Gasteiger partial charge in [-0.1, -0.05) is 72.8 Å². The van der Waals surface area contributed by atoms with E-state index in [4.69, 9.17) is 5.73 Å². The molecule has 0 radical (unpaired) electrons. The van der Waals surface area contributed by atoms with E-state index in [1.165, 1.54) is 22.4 Å². The summed E-state index contributed by atoms with van der Waals surface area (Å²) in [5.74, 6) is 0. The number of aryl methyl sites for hydroxylation is 1. The summed E-state index contributed by atoms with van der Waals surface area (Å²) >= 11 is 0. The molecule has 1 unspecified atom stereocenters. The first-order chi connectivity index (χ1) is 13.7. The molecular formula is C25H30ClN3. The van der Waals surface area contributed by atoms with Gasteiger partial charge in [0.1, 0.15) is 0 Å². The van der Waals surface area contributed by atoms with E-state index >= 15 is 0 Å². The molecule has 4 rings (SSSR count). The number of rotatable bonds is 5. The lowest BCUT2D eigenvalue weighted by Crippen LogP contribution is -2.46. The lowest BCUT2D eigenvalue weighted by Gasteiger charge is -2.38. The Balaban J connectivity index is 0.00000240. The lowest BCUT2D eigenvalue weighted by molar-refractivity contribution is 0.249. The predicted molar refractivity (Wildman–Crippen MR) is 125 cm³/mol. The van der Waals surface area contributed by atoms with Crippen molar-refractivity contribution in [3.63, 3.8) is 0 Å². The molecule has 0 aromatic heterocycles. The Hall–Kier alpha value is -2.33. The SMILES string of the molecule is Cc1ccc(C(N)c2ccccc2)c(N2CCN(Cc3ccccc3)CC2)c1.Cl. The quantitative estimate of drug-likeness (QED) is 0.660. The van der Waals surface area contributed by atoms with Crippen LogP contribution in [-0.2, 0) is 6.54 Å². The normalized spacial score (nSPS) is 15.6. The summed E-state index contributed by atoms with van der Waals surface area (Å²) in [4.78, 5) is 5.05. The van der Waals surface area contributed by atoms with Crippen LogP contribution in [0.5, 0.6) is 0 Å². The molecule has 152 valence electrons. The number of halogens is 1. The van der Waals surface area contributed by atoms with Crippen LogP contribution in [0.4, 0.5) is 5.69 Å². The fourth-order valence-electron chi connectivity index (χ4n) is 4.02. The Morgan fingerprint density at radius 2 is 1.45 bits per heavy atom.